The molecule has 2 bridgehead atoms. The molecule has 2 aliphatic carbocycles. The third-order valence-electron chi connectivity index (χ3n) is 9.03. The lowest BCUT2D eigenvalue weighted by atomic mass is 9.62. The molecule has 7 atom stereocenters. The number of thiazole rings is 1. The number of rotatable bonds is 6. The minimum Gasteiger partial charge on any atom is -0.462 e. The fourth-order valence-corrected chi connectivity index (χ4v) is 10.6. The highest BCUT2D eigenvalue weighted by molar-refractivity contribution is 8.00. The van der Waals surface area contributed by atoms with Gasteiger partial charge in [0.25, 0.3) is 0 Å². The third-order valence-corrected chi connectivity index (χ3v) is 11.8. The number of anilines is 1. The number of thioether (sulfide) groups is 1. The van der Waals surface area contributed by atoms with Gasteiger partial charge in [-0.2, -0.15) is 0 Å². The van der Waals surface area contributed by atoms with E-state index in [1.807, 2.05) is 0 Å². The van der Waals surface area contributed by atoms with Gasteiger partial charge < -0.3 is 15.0 Å². The van der Waals surface area contributed by atoms with Crippen LogP contribution in [0.2, 0.25) is 0 Å². The van der Waals surface area contributed by atoms with Crippen molar-refractivity contribution in [1.82, 2.24) is 9.88 Å². The van der Waals surface area contributed by atoms with Gasteiger partial charge in [-0.1, -0.05) is 25.2 Å². The summed E-state index contributed by atoms with van der Waals surface area (Å²) < 4.78 is 4.97. The van der Waals surface area contributed by atoms with E-state index >= 15 is 0 Å². The Kier molecular flexibility index (Phi) is 6.06. The molecule has 0 radical (unpaired) electrons. The van der Waals surface area contributed by atoms with Crippen LogP contribution in [-0.2, 0) is 24.5 Å². The van der Waals surface area contributed by atoms with Crippen molar-refractivity contribution in [2.45, 2.75) is 49.3 Å². The molecule has 200 valence electrons. The Bertz CT molecular complexity index is 1400. The molecule has 3 amide bonds. The predicted molar refractivity (Wildman–Crippen MR) is 142 cm³/mol. The highest BCUT2D eigenvalue weighted by atomic mass is 32.2. The van der Waals surface area contributed by atoms with Gasteiger partial charge in [0.05, 0.1) is 29.0 Å². The molecule has 2 aromatic rings. The Morgan fingerprint density at radius 1 is 1.11 bits per heavy atom. The number of esters is 1. The number of amides is 3. The zero-order valence-corrected chi connectivity index (χ0v) is 22.9. The van der Waals surface area contributed by atoms with E-state index in [0.717, 1.165) is 27.6 Å². The summed E-state index contributed by atoms with van der Waals surface area (Å²) in [5.74, 6) is -1.95. The van der Waals surface area contributed by atoms with Gasteiger partial charge in [-0.05, 0) is 61.8 Å². The molecule has 9 nitrogen and oxygen atoms in total. The van der Waals surface area contributed by atoms with Crippen molar-refractivity contribution in [1.29, 1.82) is 0 Å². The topological polar surface area (TPSA) is 126 Å². The number of benzene rings is 1. The summed E-state index contributed by atoms with van der Waals surface area (Å²) in [5, 5.41) is 3.80. The number of likely N-dealkylation sites (tertiary alicyclic amines) is 1. The van der Waals surface area contributed by atoms with Crippen molar-refractivity contribution in [3.8, 4) is 0 Å². The molecule has 1 aromatic heterocycles. The first-order valence-electron chi connectivity index (χ1n) is 13.0. The lowest BCUT2D eigenvalue weighted by Crippen LogP contribution is -2.49. The predicted octanol–water partition coefficient (Wildman–Crippen LogP) is 3.26. The van der Waals surface area contributed by atoms with Crippen molar-refractivity contribution in [2.75, 3.05) is 18.5 Å². The maximum atomic E-state index is 13.6. The number of fused-ring (bicyclic) bond motifs is 9. The van der Waals surface area contributed by atoms with Gasteiger partial charge in [-0.15, -0.1) is 11.8 Å². The third kappa shape index (κ3) is 3.61. The first kappa shape index (κ1) is 25.4. The number of nitrogens with zero attached hydrogens (tertiary/aromatic N) is 1. The van der Waals surface area contributed by atoms with E-state index < -0.39 is 23.7 Å². The number of imide groups is 1. The molecule has 0 spiro atoms. The number of aromatic nitrogens is 1. The molecule has 11 heteroatoms. The van der Waals surface area contributed by atoms with Crippen LogP contribution in [0.4, 0.5) is 5.69 Å². The summed E-state index contributed by atoms with van der Waals surface area (Å²) in [4.78, 5) is 69.1. The van der Waals surface area contributed by atoms with Crippen LogP contribution in [-0.4, -0.2) is 52.0 Å². The monoisotopic (exact) mass is 555 g/mol. The smallest absolute Gasteiger partial charge is 0.338 e. The molecule has 4 aliphatic rings. The lowest BCUT2D eigenvalue weighted by Gasteiger charge is -2.48. The second-order valence-electron chi connectivity index (χ2n) is 10.8. The average Bonchev–Trinajstić information content (AvgIpc) is 3.62. The first-order valence-corrected chi connectivity index (χ1v) is 14.7. The Morgan fingerprint density at radius 3 is 2.45 bits per heavy atom. The molecular formula is C27H29N3O6S2. The van der Waals surface area contributed by atoms with Gasteiger partial charge in [0, 0.05) is 21.2 Å². The van der Waals surface area contributed by atoms with E-state index in [4.69, 9.17) is 4.74 Å². The normalized spacial score (nSPS) is 32.7. The molecule has 38 heavy (non-hydrogen) atoms. The van der Waals surface area contributed by atoms with Crippen LogP contribution in [0.5, 0.6) is 0 Å². The summed E-state index contributed by atoms with van der Waals surface area (Å²) in [6.45, 7) is 5.98. The average molecular weight is 556 g/mol. The molecule has 2 saturated carbocycles. The lowest BCUT2D eigenvalue weighted by molar-refractivity contribution is -0.143. The highest BCUT2D eigenvalue weighted by Gasteiger charge is 2.71. The fourth-order valence-electron chi connectivity index (χ4n) is 7.36. The van der Waals surface area contributed by atoms with E-state index in [0.29, 0.717) is 11.3 Å². The second-order valence-corrected chi connectivity index (χ2v) is 12.9. The summed E-state index contributed by atoms with van der Waals surface area (Å²) >= 11 is 2.93. The molecule has 3 heterocycles. The van der Waals surface area contributed by atoms with E-state index in [2.05, 4.69) is 24.1 Å². The van der Waals surface area contributed by atoms with Crippen LogP contribution < -0.4 is 10.2 Å². The number of carbonyl (C=O) groups excluding carboxylic acids is 4. The Labute approximate surface area is 227 Å². The first-order chi connectivity index (χ1) is 18.2. The summed E-state index contributed by atoms with van der Waals surface area (Å²) in [5.41, 5.74) is 0.599. The zero-order valence-electron chi connectivity index (χ0n) is 21.3. The molecule has 1 aromatic carbocycles. The summed E-state index contributed by atoms with van der Waals surface area (Å²) in [6.07, 6.45) is 1.68. The Hall–Kier alpha value is -2.92. The number of H-pyrrole nitrogens is 1. The van der Waals surface area contributed by atoms with Crippen molar-refractivity contribution in [2.24, 2.45) is 29.6 Å². The molecule has 2 N–H and O–H groups in total. The SMILES string of the molecule is CCOC(=O)c1ccc(NC(=O)CN2C(=O)[C@@H]3[C@H]4C[C@@H]([C@H]5Sc6[nH]c(=O)sc6[C@](C)(CC)[C@@H]45)[C@H]3C2=O)cc1. The summed E-state index contributed by atoms with van der Waals surface area (Å²) in [7, 11) is 0. The van der Waals surface area contributed by atoms with Crippen molar-refractivity contribution in [3.63, 3.8) is 0 Å². The van der Waals surface area contributed by atoms with Crippen molar-refractivity contribution in [3.05, 3.63) is 44.4 Å². The second kappa shape index (κ2) is 9.08. The molecule has 1 saturated heterocycles. The van der Waals surface area contributed by atoms with Gasteiger partial charge >= 0.3 is 10.8 Å². The van der Waals surface area contributed by atoms with E-state index in [9.17, 15) is 24.0 Å². The number of hydrogen-bond acceptors (Lipinski definition) is 8. The van der Waals surface area contributed by atoms with Gasteiger partial charge in [0.2, 0.25) is 17.7 Å². The quantitative estimate of drug-likeness (QED) is 0.414. The number of aromatic amines is 1. The van der Waals surface area contributed by atoms with Gasteiger partial charge in [-0.25, -0.2) is 4.79 Å². The fraction of sp³-hybridized carbons (Fsp3) is 0.519. The molecule has 2 aliphatic heterocycles. The Morgan fingerprint density at radius 2 is 1.79 bits per heavy atom. The standard InChI is InChI=1S/C27H29N3O6S2/c1-4-27(3)19-14-10-15(20(19)37-22-21(27)38-26(35)29-22)18-17(14)23(32)30(24(18)33)11-16(31)28-13-8-6-12(7-9-13)25(34)36-5-2/h6-9,14-15,17-20H,4-5,10-11H2,1-3H3,(H,28,31)(H,29,35)/t14-,15-,17-,18-,19+,20-,27-/m1/s1. The maximum absolute atomic E-state index is 13.6. The largest absolute Gasteiger partial charge is 0.462 e. The molecule has 6 rings (SSSR count). The van der Waals surface area contributed by atoms with Gasteiger partial charge in [0.15, 0.2) is 0 Å². The van der Waals surface area contributed by atoms with E-state index in [1.54, 1.807) is 43.0 Å². The number of ether oxygens (including phenoxy) is 1. The van der Waals surface area contributed by atoms with Gasteiger partial charge in [-0.3, -0.25) is 24.1 Å². The van der Waals surface area contributed by atoms with Gasteiger partial charge in [0.1, 0.15) is 6.54 Å². The van der Waals surface area contributed by atoms with Crippen molar-refractivity contribution < 1.29 is 23.9 Å². The number of hydrogen-bond donors (Lipinski definition) is 2. The molecule has 3 fully saturated rings. The highest BCUT2D eigenvalue weighted by Crippen LogP contribution is 2.69. The Balaban J connectivity index is 1.19. The van der Waals surface area contributed by atoms with Crippen LogP contribution in [0.15, 0.2) is 34.1 Å². The van der Waals surface area contributed by atoms with Crippen LogP contribution in [0, 0.1) is 29.6 Å². The number of carbonyl (C=O) groups is 4. The summed E-state index contributed by atoms with van der Waals surface area (Å²) in [6, 6.07) is 6.28. The van der Waals surface area contributed by atoms with Crippen LogP contribution >= 0.6 is 23.1 Å². The van der Waals surface area contributed by atoms with E-state index in [-0.39, 0.29) is 58.3 Å². The van der Waals surface area contributed by atoms with Crippen LogP contribution in [0.3, 0.4) is 0 Å². The minimum atomic E-state index is -0.465. The van der Waals surface area contributed by atoms with Crippen LogP contribution in [0.1, 0.15) is 48.8 Å². The zero-order chi connectivity index (χ0) is 26.9. The minimum absolute atomic E-state index is 0.0439. The molecule has 0 unspecified atom stereocenters. The number of nitrogens with one attached hydrogen (secondary N) is 2. The van der Waals surface area contributed by atoms with Crippen LogP contribution in [0.25, 0.3) is 0 Å². The van der Waals surface area contributed by atoms with E-state index in [1.165, 1.54) is 11.3 Å². The van der Waals surface area contributed by atoms with Crippen molar-refractivity contribution >= 4 is 52.5 Å². The molecular weight excluding hydrogens is 526 g/mol. The maximum Gasteiger partial charge on any atom is 0.338 e.